The Morgan fingerprint density at radius 2 is 1.85 bits per heavy atom. The summed E-state index contributed by atoms with van der Waals surface area (Å²) in [7, 11) is 5.29. The SMILES string of the molecule is CNC(Cc1ccncc1)c1ccc(OC)cc1OC. The van der Waals surface area contributed by atoms with E-state index in [9.17, 15) is 0 Å². The van der Waals surface area contributed by atoms with Gasteiger partial charge in [-0.15, -0.1) is 0 Å². The Bertz CT molecular complexity index is 543. The first kappa shape index (κ1) is 14.3. The van der Waals surface area contributed by atoms with Crippen LogP contribution in [-0.2, 0) is 6.42 Å². The summed E-state index contributed by atoms with van der Waals surface area (Å²) in [6, 6.07) is 10.1. The fraction of sp³-hybridized carbons (Fsp3) is 0.312. The molecule has 0 saturated carbocycles. The summed E-state index contributed by atoms with van der Waals surface area (Å²) in [5.41, 5.74) is 2.35. The van der Waals surface area contributed by atoms with E-state index in [1.165, 1.54) is 5.56 Å². The molecule has 0 saturated heterocycles. The second kappa shape index (κ2) is 6.91. The van der Waals surface area contributed by atoms with Crippen LogP contribution < -0.4 is 14.8 Å². The van der Waals surface area contributed by atoms with Crippen LogP contribution in [0.15, 0.2) is 42.7 Å². The summed E-state index contributed by atoms with van der Waals surface area (Å²) < 4.78 is 10.7. The summed E-state index contributed by atoms with van der Waals surface area (Å²) in [5.74, 6) is 1.63. The molecule has 0 radical (unpaired) electrons. The van der Waals surface area contributed by atoms with Gasteiger partial charge in [0.2, 0.25) is 0 Å². The molecule has 4 heteroatoms. The quantitative estimate of drug-likeness (QED) is 0.878. The third-order valence-electron chi connectivity index (χ3n) is 3.35. The predicted octanol–water partition coefficient (Wildman–Crippen LogP) is 2.60. The molecule has 2 rings (SSSR count). The number of likely N-dealkylation sites (N-methyl/N-ethyl adjacent to an activating group) is 1. The molecule has 1 unspecified atom stereocenters. The number of nitrogens with zero attached hydrogens (tertiary/aromatic N) is 1. The van der Waals surface area contributed by atoms with Gasteiger partial charge in [-0.05, 0) is 37.2 Å². The summed E-state index contributed by atoms with van der Waals surface area (Å²) in [5, 5.41) is 3.34. The Kier molecular flexibility index (Phi) is 4.96. The number of aromatic nitrogens is 1. The fourth-order valence-electron chi connectivity index (χ4n) is 2.23. The van der Waals surface area contributed by atoms with Crippen LogP contribution in [0.2, 0.25) is 0 Å². The molecule has 0 spiro atoms. The normalized spacial score (nSPS) is 11.9. The molecule has 1 N–H and O–H groups in total. The third-order valence-corrected chi connectivity index (χ3v) is 3.35. The Morgan fingerprint density at radius 1 is 1.10 bits per heavy atom. The van der Waals surface area contributed by atoms with Crippen LogP contribution in [0.5, 0.6) is 11.5 Å². The van der Waals surface area contributed by atoms with Gasteiger partial charge < -0.3 is 14.8 Å². The Morgan fingerprint density at radius 3 is 2.45 bits per heavy atom. The van der Waals surface area contributed by atoms with Crippen LogP contribution in [0.25, 0.3) is 0 Å². The molecule has 0 aliphatic heterocycles. The van der Waals surface area contributed by atoms with Gasteiger partial charge in [-0.3, -0.25) is 4.98 Å². The van der Waals surface area contributed by atoms with Crippen molar-refractivity contribution in [3.8, 4) is 11.5 Å². The largest absolute Gasteiger partial charge is 0.497 e. The lowest BCUT2D eigenvalue weighted by molar-refractivity contribution is 0.385. The van der Waals surface area contributed by atoms with E-state index in [0.717, 1.165) is 23.5 Å². The Labute approximate surface area is 119 Å². The van der Waals surface area contributed by atoms with Gasteiger partial charge >= 0.3 is 0 Å². The van der Waals surface area contributed by atoms with Crippen molar-refractivity contribution in [2.24, 2.45) is 0 Å². The van der Waals surface area contributed by atoms with Crippen molar-refractivity contribution in [2.75, 3.05) is 21.3 Å². The van der Waals surface area contributed by atoms with Gasteiger partial charge in [0.15, 0.2) is 0 Å². The van der Waals surface area contributed by atoms with Crippen LogP contribution >= 0.6 is 0 Å². The van der Waals surface area contributed by atoms with Gasteiger partial charge in [0.25, 0.3) is 0 Å². The molecule has 0 bridgehead atoms. The van der Waals surface area contributed by atoms with Crippen LogP contribution in [0.3, 0.4) is 0 Å². The molecule has 106 valence electrons. The van der Waals surface area contributed by atoms with E-state index in [4.69, 9.17) is 9.47 Å². The number of rotatable bonds is 6. The molecule has 0 fully saturated rings. The molecule has 4 nitrogen and oxygen atoms in total. The van der Waals surface area contributed by atoms with E-state index >= 15 is 0 Å². The van der Waals surface area contributed by atoms with E-state index < -0.39 is 0 Å². The standard InChI is InChI=1S/C16H20N2O2/c1-17-15(10-12-6-8-18-9-7-12)14-5-4-13(19-2)11-16(14)20-3/h4-9,11,15,17H,10H2,1-3H3. The van der Waals surface area contributed by atoms with Crippen molar-refractivity contribution in [2.45, 2.75) is 12.5 Å². The van der Waals surface area contributed by atoms with Crippen LogP contribution in [0.4, 0.5) is 0 Å². The topological polar surface area (TPSA) is 43.4 Å². The lowest BCUT2D eigenvalue weighted by Gasteiger charge is -2.20. The van der Waals surface area contributed by atoms with Crippen molar-refractivity contribution in [1.82, 2.24) is 10.3 Å². The minimum Gasteiger partial charge on any atom is -0.497 e. The van der Waals surface area contributed by atoms with E-state index in [-0.39, 0.29) is 6.04 Å². The highest BCUT2D eigenvalue weighted by Gasteiger charge is 2.15. The maximum Gasteiger partial charge on any atom is 0.127 e. The zero-order chi connectivity index (χ0) is 14.4. The van der Waals surface area contributed by atoms with Crippen molar-refractivity contribution in [3.05, 3.63) is 53.9 Å². The number of ether oxygens (including phenoxy) is 2. The second-order valence-corrected chi connectivity index (χ2v) is 4.51. The highest BCUT2D eigenvalue weighted by atomic mass is 16.5. The molecule has 2 aromatic rings. The molecule has 1 heterocycles. The van der Waals surface area contributed by atoms with E-state index in [0.29, 0.717) is 0 Å². The Balaban J connectivity index is 2.27. The lowest BCUT2D eigenvalue weighted by atomic mass is 9.98. The average molecular weight is 272 g/mol. The molecule has 1 atom stereocenters. The Hall–Kier alpha value is -2.07. The molecule has 0 aliphatic carbocycles. The zero-order valence-corrected chi connectivity index (χ0v) is 12.1. The minimum atomic E-state index is 0.179. The predicted molar refractivity (Wildman–Crippen MR) is 79.3 cm³/mol. The lowest BCUT2D eigenvalue weighted by Crippen LogP contribution is -2.19. The first-order chi connectivity index (χ1) is 9.78. The van der Waals surface area contributed by atoms with Crippen molar-refractivity contribution in [1.29, 1.82) is 0 Å². The number of hydrogen-bond acceptors (Lipinski definition) is 4. The minimum absolute atomic E-state index is 0.179. The first-order valence-corrected chi connectivity index (χ1v) is 6.56. The highest BCUT2D eigenvalue weighted by molar-refractivity contribution is 5.43. The third kappa shape index (κ3) is 3.27. The fourth-order valence-corrected chi connectivity index (χ4v) is 2.23. The number of hydrogen-bond donors (Lipinski definition) is 1. The summed E-state index contributed by atoms with van der Waals surface area (Å²) in [6.45, 7) is 0. The number of nitrogens with one attached hydrogen (secondary N) is 1. The molecule has 1 aromatic carbocycles. The summed E-state index contributed by atoms with van der Waals surface area (Å²) in [4.78, 5) is 4.05. The van der Waals surface area contributed by atoms with Crippen molar-refractivity contribution < 1.29 is 9.47 Å². The van der Waals surface area contributed by atoms with Crippen LogP contribution in [0, 0.1) is 0 Å². The summed E-state index contributed by atoms with van der Waals surface area (Å²) >= 11 is 0. The molecular weight excluding hydrogens is 252 g/mol. The highest BCUT2D eigenvalue weighted by Crippen LogP contribution is 2.31. The van der Waals surface area contributed by atoms with E-state index in [2.05, 4.69) is 10.3 Å². The molecule has 0 aliphatic rings. The maximum absolute atomic E-state index is 5.48. The number of benzene rings is 1. The van der Waals surface area contributed by atoms with Gasteiger partial charge in [-0.2, -0.15) is 0 Å². The van der Waals surface area contributed by atoms with Gasteiger partial charge in [-0.25, -0.2) is 0 Å². The van der Waals surface area contributed by atoms with Crippen LogP contribution in [0.1, 0.15) is 17.2 Å². The molecule has 0 amide bonds. The molecule has 1 aromatic heterocycles. The van der Waals surface area contributed by atoms with Gasteiger partial charge in [0.05, 0.1) is 14.2 Å². The van der Waals surface area contributed by atoms with E-state index in [1.807, 2.05) is 49.8 Å². The van der Waals surface area contributed by atoms with Gasteiger partial charge in [0.1, 0.15) is 11.5 Å². The average Bonchev–Trinajstić information content (AvgIpc) is 2.53. The van der Waals surface area contributed by atoms with Crippen molar-refractivity contribution >= 4 is 0 Å². The molecular formula is C16H20N2O2. The molecule has 20 heavy (non-hydrogen) atoms. The van der Waals surface area contributed by atoms with Gasteiger partial charge in [0, 0.05) is 30.1 Å². The number of pyridine rings is 1. The van der Waals surface area contributed by atoms with E-state index in [1.54, 1.807) is 14.2 Å². The second-order valence-electron chi connectivity index (χ2n) is 4.51. The zero-order valence-electron chi connectivity index (χ0n) is 12.1. The monoisotopic (exact) mass is 272 g/mol. The smallest absolute Gasteiger partial charge is 0.127 e. The first-order valence-electron chi connectivity index (χ1n) is 6.56. The van der Waals surface area contributed by atoms with Crippen molar-refractivity contribution in [3.63, 3.8) is 0 Å². The maximum atomic E-state index is 5.48. The van der Waals surface area contributed by atoms with Gasteiger partial charge in [-0.1, -0.05) is 6.07 Å². The number of methoxy groups -OCH3 is 2. The van der Waals surface area contributed by atoms with Crippen LogP contribution in [-0.4, -0.2) is 26.3 Å². The summed E-state index contributed by atoms with van der Waals surface area (Å²) in [6.07, 6.45) is 4.50.